The van der Waals surface area contributed by atoms with Crippen LogP contribution in [0.4, 0.5) is 4.79 Å². The zero-order valence-electron chi connectivity index (χ0n) is 22.2. The number of hydrogen-bond donors (Lipinski definition) is 3. The normalized spacial score (nSPS) is 25.6. The van der Waals surface area contributed by atoms with E-state index < -0.39 is 0 Å². The van der Waals surface area contributed by atoms with E-state index in [1.165, 1.54) is 17.8 Å². The number of para-hydroxylation sites is 1. The van der Waals surface area contributed by atoms with Gasteiger partial charge in [-0.15, -0.1) is 0 Å². The van der Waals surface area contributed by atoms with Gasteiger partial charge in [0.15, 0.2) is 0 Å². The van der Waals surface area contributed by atoms with Gasteiger partial charge in [0, 0.05) is 43.3 Å². The van der Waals surface area contributed by atoms with Crippen LogP contribution in [0, 0.1) is 5.92 Å². The summed E-state index contributed by atoms with van der Waals surface area (Å²) < 4.78 is 5.91. The van der Waals surface area contributed by atoms with Crippen molar-refractivity contribution in [2.45, 2.75) is 43.3 Å². The van der Waals surface area contributed by atoms with Crippen molar-refractivity contribution in [1.29, 1.82) is 0 Å². The summed E-state index contributed by atoms with van der Waals surface area (Å²) in [5.41, 5.74) is 1.73. The number of likely N-dealkylation sites (tertiary alicyclic amines) is 1. The number of benzene rings is 2. The number of ether oxygens (including phenoxy) is 1. The highest BCUT2D eigenvalue weighted by atomic mass is 32.2. The molecular weight excluding hydrogens is 526 g/mol. The number of rotatable bonds is 7. The lowest BCUT2D eigenvalue weighted by molar-refractivity contribution is -0.128. The fourth-order valence-electron chi connectivity index (χ4n) is 6.03. The van der Waals surface area contributed by atoms with E-state index in [1.807, 2.05) is 59.5 Å². The number of carbonyl (C=O) groups is 3. The van der Waals surface area contributed by atoms with Gasteiger partial charge < -0.3 is 30.5 Å². The molecule has 0 saturated carbocycles. The second-order valence-corrected chi connectivity index (χ2v) is 11.7. The van der Waals surface area contributed by atoms with Crippen LogP contribution in [0.15, 0.2) is 77.9 Å². The van der Waals surface area contributed by atoms with Crippen molar-refractivity contribution >= 4 is 29.6 Å². The van der Waals surface area contributed by atoms with E-state index in [1.54, 1.807) is 4.90 Å². The minimum absolute atomic E-state index is 0.00286. The number of nitrogens with zero attached hydrogens (tertiary/aromatic N) is 2. The third kappa shape index (κ3) is 5.33. The van der Waals surface area contributed by atoms with Crippen molar-refractivity contribution in [3.8, 4) is 11.5 Å². The van der Waals surface area contributed by atoms with Crippen molar-refractivity contribution in [3.63, 3.8) is 0 Å². The standard InChI is InChI=1S/C30H33N5O4S/c1-2-24(36)34-16-6-7-20(18-34)32-28(37)27-26-25-23(14-15-31-29(25)40-27)35(30(38)33-26)17-19-10-12-22(13-11-19)39-21-8-4-3-5-9-21/h2-5,8-13,20,23,25,29,31H,1,6-7,14-18H2,(H,32,37)(H,33,38)/t20-,23?,25?,29?/m1/s1. The van der Waals surface area contributed by atoms with Crippen molar-refractivity contribution in [2.24, 2.45) is 5.92 Å². The Hall–Kier alpha value is -3.76. The van der Waals surface area contributed by atoms with Gasteiger partial charge in [0.1, 0.15) is 11.5 Å². The molecule has 3 unspecified atom stereocenters. The van der Waals surface area contributed by atoms with Gasteiger partial charge in [-0.05, 0) is 61.7 Å². The number of urea groups is 1. The van der Waals surface area contributed by atoms with E-state index >= 15 is 0 Å². The molecule has 2 aromatic carbocycles. The number of nitrogens with one attached hydrogen (secondary N) is 3. The van der Waals surface area contributed by atoms with E-state index in [0.29, 0.717) is 30.2 Å². The maximum absolute atomic E-state index is 13.4. The fourth-order valence-corrected chi connectivity index (χ4v) is 7.43. The van der Waals surface area contributed by atoms with Gasteiger partial charge in [-0.1, -0.05) is 48.7 Å². The van der Waals surface area contributed by atoms with Gasteiger partial charge >= 0.3 is 6.03 Å². The van der Waals surface area contributed by atoms with Crippen LogP contribution in [0.1, 0.15) is 24.8 Å². The second-order valence-electron chi connectivity index (χ2n) is 10.5. The molecule has 40 heavy (non-hydrogen) atoms. The zero-order chi connectivity index (χ0) is 27.6. The smallest absolute Gasteiger partial charge is 0.322 e. The molecule has 208 valence electrons. The minimum atomic E-state index is -0.185. The van der Waals surface area contributed by atoms with Gasteiger partial charge in [0.05, 0.1) is 10.3 Å². The molecule has 0 spiro atoms. The highest BCUT2D eigenvalue weighted by Gasteiger charge is 2.51. The highest BCUT2D eigenvalue weighted by Crippen LogP contribution is 2.47. The van der Waals surface area contributed by atoms with E-state index in [-0.39, 0.29) is 41.2 Å². The zero-order valence-corrected chi connectivity index (χ0v) is 23.0. The Balaban J connectivity index is 1.14. The lowest BCUT2D eigenvalue weighted by Crippen LogP contribution is -2.61. The first-order valence-electron chi connectivity index (χ1n) is 13.8. The summed E-state index contributed by atoms with van der Waals surface area (Å²) in [4.78, 5) is 43.1. The highest BCUT2D eigenvalue weighted by molar-refractivity contribution is 8.04. The summed E-state index contributed by atoms with van der Waals surface area (Å²) in [7, 11) is 0. The fraction of sp³-hybridized carbons (Fsp3) is 0.367. The molecule has 0 radical (unpaired) electrons. The SMILES string of the molecule is C=CC(=O)N1CCC[C@@H](NC(=O)C2=C3NC(=O)N(Cc4ccc(Oc5ccccc5)cc4)C4CCNC(S2)C34)C1. The molecule has 0 aromatic heterocycles. The van der Waals surface area contributed by atoms with Gasteiger partial charge in [0.25, 0.3) is 5.91 Å². The van der Waals surface area contributed by atoms with Crippen molar-refractivity contribution < 1.29 is 19.1 Å². The Morgan fingerprint density at radius 3 is 2.65 bits per heavy atom. The molecule has 3 N–H and O–H groups in total. The van der Waals surface area contributed by atoms with Crippen LogP contribution in [0.3, 0.4) is 0 Å². The van der Waals surface area contributed by atoms with Crippen molar-refractivity contribution in [1.82, 2.24) is 25.8 Å². The molecule has 2 aromatic rings. The van der Waals surface area contributed by atoms with E-state index in [9.17, 15) is 14.4 Å². The van der Waals surface area contributed by atoms with Crippen molar-refractivity contribution in [2.75, 3.05) is 19.6 Å². The molecule has 4 aliphatic heterocycles. The first kappa shape index (κ1) is 26.5. The molecule has 3 saturated heterocycles. The van der Waals surface area contributed by atoms with Crippen LogP contribution in [0.5, 0.6) is 11.5 Å². The van der Waals surface area contributed by atoms with Gasteiger partial charge in [0.2, 0.25) is 5.91 Å². The Morgan fingerprint density at radius 2 is 1.88 bits per heavy atom. The molecule has 0 bridgehead atoms. The molecule has 4 heterocycles. The summed E-state index contributed by atoms with van der Waals surface area (Å²) in [6.45, 7) is 5.96. The quantitative estimate of drug-likeness (QED) is 0.449. The van der Waals surface area contributed by atoms with Crippen LogP contribution >= 0.6 is 11.8 Å². The van der Waals surface area contributed by atoms with E-state index in [2.05, 4.69) is 22.5 Å². The predicted molar refractivity (Wildman–Crippen MR) is 153 cm³/mol. The molecule has 6 rings (SSSR count). The number of thioether (sulfide) groups is 1. The van der Waals surface area contributed by atoms with Gasteiger partial charge in [-0.3, -0.25) is 9.59 Å². The van der Waals surface area contributed by atoms with E-state index in [4.69, 9.17) is 4.74 Å². The van der Waals surface area contributed by atoms with Gasteiger partial charge in [-0.2, -0.15) is 0 Å². The maximum Gasteiger partial charge on any atom is 0.322 e. The molecule has 10 heteroatoms. The third-order valence-electron chi connectivity index (χ3n) is 7.96. The minimum Gasteiger partial charge on any atom is -0.457 e. The average molecular weight is 560 g/mol. The topological polar surface area (TPSA) is 103 Å². The average Bonchev–Trinajstić information content (AvgIpc) is 3.35. The van der Waals surface area contributed by atoms with Gasteiger partial charge in [-0.25, -0.2) is 4.79 Å². The number of hydrogen-bond acceptors (Lipinski definition) is 6. The first-order valence-corrected chi connectivity index (χ1v) is 14.6. The molecular formula is C30H33N5O4S. The lowest BCUT2D eigenvalue weighted by atomic mass is 9.86. The maximum atomic E-state index is 13.4. The molecule has 3 fully saturated rings. The molecule has 9 nitrogen and oxygen atoms in total. The van der Waals surface area contributed by atoms with Crippen molar-refractivity contribution in [3.05, 3.63) is 83.4 Å². The number of carbonyl (C=O) groups excluding carboxylic acids is 3. The van der Waals surface area contributed by atoms with Crippen LogP contribution in [0.25, 0.3) is 0 Å². The Kier molecular flexibility index (Phi) is 7.53. The summed E-state index contributed by atoms with van der Waals surface area (Å²) >= 11 is 1.49. The summed E-state index contributed by atoms with van der Waals surface area (Å²) in [5.74, 6) is 1.21. The Labute approximate surface area is 238 Å². The predicted octanol–water partition coefficient (Wildman–Crippen LogP) is 3.56. The molecule has 4 amide bonds. The first-order chi connectivity index (χ1) is 19.5. The van der Waals surface area contributed by atoms with Crippen LogP contribution in [-0.4, -0.2) is 64.7 Å². The molecule has 4 aliphatic rings. The largest absolute Gasteiger partial charge is 0.457 e. The van der Waals surface area contributed by atoms with Crippen LogP contribution in [0.2, 0.25) is 0 Å². The Bertz CT molecular complexity index is 1330. The number of piperidine rings is 2. The third-order valence-corrected chi connectivity index (χ3v) is 9.31. The molecule has 0 aliphatic carbocycles. The number of amides is 4. The lowest BCUT2D eigenvalue weighted by Gasteiger charge is -2.46. The monoisotopic (exact) mass is 559 g/mol. The van der Waals surface area contributed by atoms with E-state index in [0.717, 1.165) is 42.9 Å². The Morgan fingerprint density at radius 1 is 1.10 bits per heavy atom. The summed E-state index contributed by atoms with van der Waals surface area (Å²) in [6, 6.07) is 17.1. The van der Waals surface area contributed by atoms with Crippen LogP contribution < -0.4 is 20.7 Å². The summed E-state index contributed by atoms with van der Waals surface area (Å²) in [5, 5.41) is 9.75. The summed E-state index contributed by atoms with van der Waals surface area (Å²) in [6.07, 6.45) is 3.75. The second kappa shape index (κ2) is 11.4. The van der Waals surface area contributed by atoms with Crippen LogP contribution in [-0.2, 0) is 16.1 Å². The molecule has 4 atom stereocenters.